The Morgan fingerprint density at radius 2 is 1.68 bits per heavy atom. The third-order valence-electron chi connectivity index (χ3n) is 2.60. The van der Waals surface area contributed by atoms with Crippen molar-refractivity contribution in [3.63, 3.8) is 0 Å². The van der Waals surface area contributed by atoms with Crippen molar-refractivity contribution >= 4 is 11.9 Å². The Hall–Kier alpha value is -1.10. The van der Waals surface area contributed by atoms with E-state index >= 15 is 0 Å². The van der Waals surface area contributed by atoms with Gasteiger partial charge in [0.15, 0.2) is 0 Å². The van der Waals surface area contributed by atoms with Crippen molar-refractivity contribution in [1.82, 2.24) is 0 Å². The van der Waals surface area contributed by atoms with Crippen molar-refractivity contribution in [3.05, 3.63) is 0 Å². The van der Waals surface area contributed by atoms with Crippen LogP contribution in [0.15, 0.2) is 0 Å². The molecule has 0 aliphatic carbocycles. The molecule has 19 heavy (non-hydrogen) atoms. The Labute approximate surface area is 116 Å². The second-order valence-corrected chi connectivity index (χ2v) is 5.18. The molecule has 0 aliphatic rings. The van der Waals surface area contributed by atoms with Gasteiger partial charge in [-0.05, 0) is 31.2 Å². The fourth-order valence-electron chi connectivity index (χ4n) is 1.70. The molecule has 114 valence electrons. The molecule has 0 saturated heterocycles. The number of aliphatic carboxylic acids is 2. The SMILES string of the molecule is CC(C)CC(CN)CC(=O)O.CCCCCC(=O)O. The van der Waals surface area contributed by atoms with Crippen LogP contribution in [-0.4, -0.2) is 28.7 Å². The first-order valence-electron chi connectivity index (χ1n) is 6.97. The predicted molar refractivity (Wildman–Crippen MR) is 76.0 cm³/mol. The molecule has 0 heterocycles. The van der Waals surface area contributed by atoms with Crippen molar-refractivity contribution in [1.29, 1.82) is 0 Å². The molecule has 0 spiro atoms. The molecule has 1 unspecified atom stereocenters. The summed E-state index contributed by atoms with van der Waals surface area (Å²) in [7, 11) is 0. The number of carboxylic acid groups (broad SMARTS) is 2. The van der Waals surface area contributed by atoms with Gasteiger partial charge in [-0.25, -0.2) is 0 Å². The predicted octanol–water partition coefficient (Wildman–Crippen LogP) is 2.73. The molecular formula is C14H29NO4. The van der Waals surface area contributed by atoms with Gasteiger partial charge in [-0.1, -0.05) is 33.6 Å². The molecular weight excluding hydrogens is 246 g/mol. The number of carboxylic acids is 2. The van der Waals surface area contributed by atoms with Gasteiger partial charge in [0.2, 0.25) is 0 Å². The third-order valence-corrected chi connectivity index (χ3v) is 2.60. The maximum atomic E-state index is 10.3. The van der Waals surface area contributed by atoms with Crippen LogP contribution in [0.5, 0.6) is 0 Å². The van der Waals surface area contributed by atoms with Gasteiger partial charge >= 0.3 is 11.9 Å². The lowest BCUT2D eigenvalue weighted by Gasteiger charge is -2.13. The van der Waals surface area contributed by atoms with Crippen molar-refractivity contribution in [2.24, 2.45) is 17.6 Å². The summed E-state index contributed by atoms with van der Waals surface area (Å²) in [5.41, 5.74) is 5.41. The maximum absolute atomic E-state index is 10.3. The normalized spacial score (nSPS) is 11.6. The van der Waals surface area contributed by atoms with Gasteiger partial charge in [0, 0.05) is 12.8 Å². The summed E-state index contributed by atoms with van der Waals surface area (Å²) < 4.78 is 0. The quantitative estimate of drug-likeness (QED) is 0.562. The highest BCUT2D eigenvalue weighted by molar-refractivity contribution is 5.67. The van der Waals surface area contributed by atoms with Crippen LogP contribution in [0, 0.1) is 11.8 Å². The van der Waals surface area contributed by atoms with E-state index in [2.05, 4.69) is 20.8 Å². The van der Waals surface area contributed by atoms with E-state index < -0.39 is 11.9 Å². The highest BCUT2D eigenvalue weighted by Crippen LogP contribution is 2.13. The van der Waals surface area contributed by atoms with Gasteiger partial charge in [-0.15, -0.1) is 0 Å². The van der Waals surface area contributed by atoms with E-state index in [4.69, 9.17) is 15.9 Å². The van der Waals surface area contributed by atoms with Crippen LogP contribution in [-0.2, 0) is 9.59 Å². The van der Waals surface area contributed by atoms with E-state index in [0.29, 0.717) is 18.9 Å². The zero-order valence-corrected chi connectivity index (χ0v) is 12.4. The topological polar surface area (TPSA) is 101 Å². The van der Waals surface area contributed by atoms with E-state index in [1.165, 1.54) is 0 Å². The van der Waals surface area contributed by atoms with E-state index in [-0.39, 0.29) is 12.3 Å². The molecule has 0 radical (unpaired) electrons. The molecule has 0 aromatic carbocycles. The monoisotopic (exact) mass is 275 g/mol. The molecule has 4 N–H and O–H groups in total. The second-order valence-electron chi connectivity index (χ2n) is 5.18. The summed E-state index contributed by atoms with van der Waals surface area (Å²) in [4.78, 5) is 20.2. The van der Waals surface area contributed by atoms with E-state index in [1.54, 1.807) is 0 Å². The number of carbonyl (C=O) groups is 2. The van der Waals surface area contributed by atoms with Gasteiger partial charge in [0.05, 0.1) is 0 Å². The maximum Gasteiger partial charge on any atom is 0.303 e. The first-order chi connectivity index (χ1) is 8.83. The van der Waals surface area contributed by atoms with Gasteiger partial charge in [-0.2, -0.15) is 0 Å². The molecule has 0 amide bonds. The average Bonchev–Trinajstić information content (AvgIpc) is 2.27. The van der Waals surface area contributed by atoms with Gasteiger partial charge in [-0.3, -0.25) is 9.59 Å². The Bertz CT molecular complexity index is 242. The first kappa shape index (κ1) is 20.2. The molecule has 5 nitrogen and oxygen atoms in total. The van der Waals surface area contributed by atoms with Crippen molar-refractivity contribution < 1.29 is 19.8 Å². The number of unbranched alkanes of at least 4 members (excludes halogenated alkanes) is 2. The van der Waals surface area contributed by atoms with Gasteiger partial charge < -0.3 is 15.9 Å². The Balaban J connectivity index is 0. The average molecular weight is 275 g/mol. The van der Waals surface area contributed by atoms with Crippen LogP contribution in [0.3, 0.4) is 0 Å². The van der Waals surface area contributed by atoms with Crippen LogP contribution in [0.2, 0.25) is 0 Å². The zero-order chi connectivity index (χ0) is 15.3. The summed E-state index contributed by atoms with van der Waals surface area (Å²) in [5, 5.41) is 16.6. The molecule has 0 saturated carbocycles. The molecule has 0 fully saturated rings. The summed E-state index contributed by atoms with van der Waals surface area (Å²) in [6, 6.07) is 0. The lowest BCUT2D eigenvalue weighted by Crippen LogP contribution is -2.19. The molecule has 0 rings (SSSR count). The number of hydrogen-bond acceptors (Lipinski definition) is 3. The van der Waals surface area contributed by atoms with Crippen molar-refractivity contribution in [2.45, 2.75) is 59.3 Å². The smallest absolute Gasteiger partial charge is 0.303 e. The number of nitrogens with two attached hydrogens (primary N) is 1. The molecule has 0 aromatic heterocycles. The van der Waals surface area contributed by atoms with Gasteiger partial charge in [0.1, 0.15) is 0 Å². The molecule has 0 bridgehead atoms. The Kier molecular flexibility index (Phi) is 14.2. The van der Waals surface area contributed by atoms with Crippen LogP contribution in [0.4, 0.5) is 0 Å². The fraction of sp³-hybridized carbons (Fsp3) is 0.857. The summed E-state index contributed by atoms with van der Waals surface area (Å²) >= 11 is 0. The fourth-order valence-corrected chi connectivity index (χ4v) is 1.70. The number of hydrogen-bond donors (Lipinski definition) is 3. The largest absolute Gasteiger partial charge is 0.481 e. The summed E-state index contributed by atoms with van der Waals surface area (Å²) in [6.07, 6.45) is 4.39. The highest BCUT2D eigenvalue weighted by Gasteiger charge is 2.12. The van der Waals surface area contributed by atoms with E-state index in [1.807, 2.05) is 0 Å². The van der Waals surface area contributed by atoms with E-state index in [0.717, 1.165) is 25.7 Å². The second kappa shape index (κ2) is 13.3. The van der Waals surface area contributed by atoms with Crippen LogP contribution in [0.1, 0.15) is 59.3 Å². The minimum atomic E-state index is -0.749. The van der Waals surface area contributed by atoms with Crippen LogP contribution in [0.25, 0.3) is 0 Å². The minimum Gasteiger partial charge on any atom is -0.481 e. The highest BCUT2D eigenvalue weighted by atomic mass is 16.4. The Morgan fingerprint density at radius 3 is 2.00 bits per heavy atom. The minimum absolute atomic E-state index is 0.146. The molecule has 0 aromatic rings. The van der Waals surface area contributed by atoms with Crippen molar-refractivity contribution in [2.75, 3.05) is 6.54 Å². The summed E-state index contributed by atoms with van der Waals surface area (Å²) in [6.45, 7) is 6.68. The van der Waals surface area contributed by atoms with Crippen molar-refractivity contribution in [3.8, 4) is 0 Å². The molecule has 0 aliphatic heterocycles. The van der Waals surface area contributed by atoms with E-state index in [9.17, 15) is 9.59 Å². The number of rotatable bonds is 9. The Morgan fingerprint density at radius 1 is 1.11 bits per heavy atom. The van der Waals surface area contributed by atoms with Crippen LogP contribution >= 0.6 is 0 Å². The lowest BCUT2D eigenvalue weighted by atomic mass is 9.94. The zero-order valence-electron chi connectivity index (χ0n) is 12.4. The summed E-state index contributed by atoms with van der Waals surface area (Å²) in [5.74, 6) is -0.755. The first-order valence-corrected chi connectivity index (χ1v) is 6.97. The third kappa shape index (κ3) is 19.4. The standard InChI is InChI=1S/C8H17NO2.C6H12O2/c1-6(2)3-7(5-9)4-8(10)11;1-2-3-4-5-6(7)8/h6-7H,3-5,9H2,1-2H3,(H,10,11);2-5H2,1H3,(H,7,8). The molecule has 5 heteroatoms. The molecule has 1 atom stereocenters. The van der Waals surface area contributed by atoms with Gasteiger partial charge in [0.25, 0.3) is 0 Å². The lowest BCUT2D eigenvalue weighted by molar-refractivity contribution is -0.138. The van der Waals surface area contributed by atoms with Crippen LogP contribution < -0.4 is 5.73 Å².